The number of esters is 1. The predicted molar refractivity (Wildman–Crippen MR) is 112 cm³/mol. The Hall–Kier alpha value is -2.92. The van der Waals surface area contributed by atoms with Gasteiger partial charge in [0, 0.05) is 38.9 Å². The van der Waals surface area contributed by atoms with Gasteiger partial charge >= 0.3 is 5.97 Å². The van der Waals surface area contributed by atoms with Gasteiger partial charge in [-0.25, -0.2) is 9.78 Å². The van der Waals surface area contributed by atoms with E-state index in [0.29, 0.717) is 12.2 Å². The maximum Gasteiger partial charge on any atom is 0.339 e. The second-order valence-corrected chi connectivity index (χ2v) is 7.03. The van der Waals surface area contributed by atoms with Crippen LogP contribution in [0.1, 0.15) is 22.8 Å². The Labute approximate surface area is 165 Å². The molecule has 28 heavy (non-hydrogen) atoms. The molecule has 0 atom stereocenters. The Balaban J connectivity index is 1.37. The monoisotopic (exact) mass is 375 g/mol. The second-order valence-electron chi connectivity index (χ2n) is 7.03. The van der Waals surface area contributed by atoms with E-state index in [1.54, 1.807) is 19.2 Å². The van der Waals surface area contributed by atoms with E-state index in [1.807, 2.05) is 6.07 Å². The maximum absolute atomic E-state index is 11.8. The van der Waals surface area contributed by atoms with Crippen LogP contribution in [0, 0.1) is 0 Å². The second kappa shape index (κ2) is 8.40. The lowest BCUT2D eigenvalue weighted by atomic mass is 10.0. The zero-order valence-electron chi connectivity index (χ0n) is 16.2. The van der Waals surface area contributed by atoms with E-state index in [9.17, 15) is 4.79 Å². The molecule has 0 bridgehead atoms. The number of benzene rings is 2. The molecule has 0 aliphatic carbocycles. The van der Waals surface area contributed by atoms with E-state index in [0.717, 1.165) is 38.5 Å². The molecule has 0 radical (unpaired) electrons. The van der Waals surface area contributed by atoms with Crippen molar-refractivity contribution in [2.45, 2.75) is 13.5 Å². The van der Waals surface area contributed by atoms with Crippen LogP contribution in [-0.2, 0) is 11.3 Å². The number of carbonyl (C=O) groups excluding carboxylic acids is 1. The average Bonchev–Trinajstić information content (AvgIpc) is 2.75. The lowest BCUT2D eigenvalue weighted by Crippen LogP contribution is -2.46. The quantitative estimate of drug-likeness (QED) is 0.636. The molecular weight excluding hydrogens is 350 g/mol. The highest BCUT2D eigenvalue weighted by Crippen LogP contribution is 2.21. The minimum absolute atomic E-state index is 0.318. The Bertz CT molecular complexity index is 942. The molecule has 144 valence electrons. The minimum atomic E-state index is -0.318. The smallest absolute Gasteiger partial charge is 0.339 e. The van der Waals surface area contributed by atoms with Crippen molar-refractivity contribution in [2.75, 3.05) is 37.7 Å². The highest BCUT2D eigenvalue weighted by Gasteiger charge is 2.19. The Morgan fingerprint density at radius 1 is 1.00 bits per heavy atom. The summed E-state index contributed by atoms with van der Waals surface area (Å²) < 4.78 is 5.02. The number of pyridine rings is 1. The highest BCUT2D eigenvalue weighted by atomic mass is 16.5. The van der Waals surface area contributed by atoms with E-state index in [-0.39, 0.29) is 5.97 Å². The first-order valence-electron chi connectivity index (χ1n) is 9.81. The third-order valence-electron chi connectivity index (χ3n) is 5.23. The van der Waals surface area contributed by atoms with Crippen LogP contribution in [0.2, 0.25) is 0 Å². The molecule has 0 spiro atoms. The fourth-order valence-electron chi connectivity index (χ4n) is 3.71. The number of piperazine rings is 1. The summed E-state index contributed by atoms with van der Waals surface area (Å²) in [5.74, 6) is 0.597. The molecule has 1 aliphatic rings. The SMILES string of the molecule is CCOC(=O)c1ccc(N2CCN(Cc3cccc4ccccc34)CC2)nc1. The summed E-state index contributed by atoms with van der Waals surface area (Å²) in [6.07, 6.45) is 1.61. The van der Waals surface area contributed by atoms with Gasteiger partial charge < -0.3 is 9.64 Å². The summed E-state index contributed by atoms with van der Waals surface area (Å²) in [4.78, 5) is 21.0. The third-order valence-corrected chi connectivity index (χ3v) is 5.23. The van der Waals surface area contributed by atoms with Gasteiger partial charge in [-0.3, -0.25) is 4.90 Å². The number of ether oxygens (including phenoxy) is 1. The van der Waals surface area contributed by atoms with Gasteiger partial charge in [-0.15, -0.1) is 0 Å². The minimum Gasteiger partial charge on any atom is -0.462 e. The molecule has 2 heterocycles. The van der Waals surface area contributed by atoms with Crippen LogP contribution in [0.4, 0.5) is 5.82 Å². The number of hydrogen-bond acceptors (Lipinski definition) is 5. The van der Waals surface area contributed by atoms with Crippen molar-refractivity contribution in [2.24, 2.45) is 0 Å². The van der Waals surface area contributed by atoms with Gasteiger partial charge in [0.1, 0.15) is 5.82 Å². The van der Waals surface area contributed by atoms with Crippen LogP contribution in [0.15, 0.2) is 60.8 Å². The Morgan fingerprint density at radius 3 is 2.54 bits per heavy atom. The molecule has 5 heteroatoms. The Kier molecular flexibility index (Phi) is 5.53. The fourth-order valence-corrected chi connectivity index (χ4v) is 3.71. The molecule has 0 N–H and O–H groups in total. The zero-order valence-corrected chi connectivity index (χ0v) is 16.2. The molecule has 1 fully saturated rings. The van der Waals surface area contributed by atoms with E-state index in [2.05, 4.69) is 57.2 Å². The number of nitrogens with zero attached hydrogens (tertiary/aromatic N) is 3. The number of aromatic nitrogens is 1. The van der Waals surface area contributed by atoms with Crippen molar-refractivity contribution in [3.63, 3.8) is 0 Å². The largest absolute Gasteiger partial charge is 0.462 e. The highest BCUT2D eigenvalue weighted by molar-refractivity contribution is 5.89. The molecule has 0 unspecified atom stereocenters. The molecule has 0 saturated carbocycles. The van der Waals surface area contributed by atoms with Crippen molar-refractivity contribution in [3.05, 3.63) is 71.9 Å². The Morgan fingerprint density at radius 2 is 1.79 bits per heavy atom. The van der Waals surface area contributed by atoms with E-state index >= 15 is 0 Å². The molecule has 1 saturated heterocycles. The van der Waals surface area contributed by atoms with Crippen LogP contribution in [0.25, 0.3) is 10.8 Å². The average molecular weight is 375 g/mol. The van der Waals surface area contributed by atoms with Crippen LogP contribution in [-0.4, -0.2) is 48.6 Å². The molecule has 0 amide bonds. The first-order valence-corrected chi connectivity index (χ1v) is 9.81. The molecule has 5 nitrogen and oxygen atoms in total. The number of hydrogen-bond donors (Lipinski definition) is 0. The zero-order chi connectivity index (χ0) is 19.3. The fraction of sp³-hybridized carbons (Fsp3) is 0.304. The summed E-state index contributed by atoms with van der Waals surface area (Å²) >= 11 is 0. The molecule has 1 aliphatic heterocycles. The van der Waals surface area contributed by atoms with Crippen molar-refractivity contribution in [1.29, 1.82) is 0 Å². The van der Waals surface area contributed by atoms with Gasteiger partial charge in [-0.05, 0) is 35.4 Å². The molecule has 3 aromatic rings. The maximum atomic E-state index is 11.8. The standard InChI is InChI=1S/C23H25N3O2/c1-2-28-23(27)19-10-11-22(24-16-19)26-14-12-25(13-15-26)17-20-8-5-7-18-6-3-4-9-21(18)20/h3-11,16H,2,12-15,17H2,1H3. The van der Waals surface area contributed by atoms with Crippen LogP contribution in [0.3, 0.4) is 0 Å². The van der Waals surface area contributed by atoms with E-state index < -0.39 is 0 Å². The molecule has 2 aromatic carbocycles. The topological polar surface area (TPSA) is 45.7 Å². The van der Waals surface area contributed by atoms with Crippen LogP contribution >= 0.6 is 0 Å². The van der Waals surface area contributed by atoms with Gasteiger partial charge in [0.15, 0.2) is 0 Å². The van der Waals surface area contributed by atoms with E-state index in [4.69, 9.17) is 4.74 Å². The van der Waals surface area contributed by atoms with Crippen molar-refractivity contribution >= 4 is 22.6 Å². The van der Waals surface area contributed by atoms with E-state index in [1.165, 1.54) is 16.3 Å². The van der Waals surface area contributed by atoms with Gasteiger partial charge in [-0.2, -0.15) is 0 Å². The summed E-state index contributed by atoms with van der Waals surface area (Å²) in [5.41, 5.74) is 1.88. The number of carbonyl (C=O) groups is 1. The summed E-state index contributed by atoms with van der Waals surface area (Å²) in [6.45, 7) is 6.98. The predicted octanol–water partition coefficient (Wildman–Crippen LogP) is 3.73. The number of fused-ring (bicyclic) bond motifs is 1. The van der Waals surface area contributed by atoms with Crippen LogP contribution in [0.5, 0.6) is 0 Å². The van der Waals surface area contributed by atoms with Crippen molar-refractivity contribution in [3.8, 4) is 0 Å². The summed E-state index contributed by atoms with van der Waals surface area (Å²) in [5, 5.41) is 2.63. The number of rotatable bonds is 5. The van der Waals surface area contributed by atoms with Gasteiger partial charge in [0.25, 0.3) is 0 Å². The molecule has 4 rings (SSSR count). The van der Waals surface area contributed by atoms with Gasteiger partial charge in [0.05, 0.1) is 12.2 Å². The van der Waals surface area contributed by atoms with Crippen molar-refractivity contribution < 1.29 is 9.53 Å². The molecule has 1 aromatic heterocycles. The van der Waals surface area contributed by atoms with Gasteiger partial charge in [-0.1, -0.05) is 42.5 Å². The number of anilines is 1. The summed E-state index contributed by atoms with van der Waals surface area (Å²) in [6, 6.07) is 18.8. The first kappa shape index (κ1) is 18.4. The lowest BCUT2D eigenvalue weighted by Gasteiger charge is -2.35. The third kappa shape index (κ3) is 3.99. The van der Waals surface area contributed by atoms with Gasteiger partial charge in [0.2, 0.25) is 0 Å². The normalized spacial score (nSPS) is 15.0. The lowest BCUT2D eigenvalue weighted by molar-refractivity contribution is 0.0526. The first-order chi connectivity index (χ1) is 13.7. The van der Waals surface area contributed by atoms with Crippen molar-refractivity contribution in [1.82, 2.24) is 9.88 Å². The molecular formula is C23H25N3O2. The van der Waals surface area contributed by atoms with Crippen LogP contribution < -0.4 is 4.90 Å². The summed E-state index contributed by atoms with van der Waals surface area (Å²) in [7, 11) is 0.